The standard InChI is InChI=1S/C7H5ClF3NO2/c1-12-2-3(7(9,10)11)4(5(12)8)6(13)14/h2H,1H3,(H,13,14). The van der Waals surface area contributed by atoms with Crippen molar-refractivity contribution in [1.82, 2.24) is 4.57 Å². The molecule has 0 aliphatic rings. The Labute approximate surface area is 81.7 Å². The molecule has 0 spiro atoms. The van der Waals surface area contributed by atoms with Crippen molar-refractivity contribution in [3.8, 4) is 0 Å². The molecule has 78 valence electrons. The van der Waals surface area contributed by atoms with Gasteiger partial charge in [-0.15, -0.1) is 0 Å². The maximum atomic E-state index is 12.3. The SMILES string of the molecule is Cn1cc(C(F)(F)F)c(C(=O)O)c1Cl. The largest absolute Gasteiger partial charge is 0.478 e. The second-order valence-electron chi connectivity index (χ2n) is 2.62. The lowest BCUT2D eigenvalue weighted by Crippen LogP contribution is -2.10. The number of nitrogens with zero attached hydrogens (tertiary/aromatic N) is 1. The molecule has 0 aliphatic heterocycles. The Morgan fingerprint density at radius 2 is 2.07 bits per heavy atom. The fraction of sp³-hybridized carbons (Fsp3) is 0.286. The van der Waals surface area contributed by atoms with Crippen molar-refractivity contribution in [2.75, 3.05) is 0 Å². The summed E-state index contributed by atoms with van der Waals surface area (Å²) in [6.07, 6.45) is -4.07. The predicted octanol–water partition coefficient (Wildman–Crippen LogP) is 2.40. The summed E-state index contributed by atoms with van der Waals surface area (Å²) in [5.74, 6) is -1.69. The smallest absolute Gasteiger partial charge is 0.418 e. The van der Waals surface area contributed by atoms with Gasteiger partial charge in [0.25, 0.3) is 0 Å². The third-order valence-corrected chi connectivity index (χ3v) is 2.08. The number of carboxylic acids is 1. The lowest BCUT2D eigenvalue weighted by molar-refractivity contribution is -0.138. The van der Waals surface area contributed by atoms with Crippen molar-refractivity contribution in [2.24, 2.45) is 7.05 Å². The highest BCUT2D eigenvalue weighted by Gasteiger charge is 2.38. The fourth-order valence-corrected chi connectivity index (χ4v) is 1.25. The first kappa shape index (κ1) is 10.9. The number of hydrogen-bond donors (Lipinski definition) is 1. The average Bonchev–Trinajstić information content (AvgIpc) is 2.27. The number of halogens is 4. The molecule has 1 heterocycles. The van der Waals surface area contributed by atoms with E-state index in [1.165, 1.54) is 7.05 Å². The molecule has 14 heavy (non-hydrogen) atoms. The highest BCUT2D eigenvalue weighted by atomic mass is 35.5. The Morgan fingerprint density at radius 3 is 2.36 bits per heavy atom. The summed E-state index contributed by atoms with van der Waals surface area (Å²) in [7, 11) is 1.24. The molecule has 0 unspecified atom stereocenters. The third kappa shape index (κ3) is 1.70. The van der Waals surface area contributed by atoms with Crippen LogP contribution in [0.1, 0.15) is 15.9 Å². The molecule has 0 aliphatic carbocycles. The van der Waals surface area contributed by atoms with Gasteiger partial charge in [0.1, 0.15) is 10.7 Å². The van der Waals surface area contributed by atoms with Crippen LogP contribution >= 0.6 is 11.6 Å². The first-order valence-corrected chi connectivity index (χ1v) is 3.78. The maximum Gasteiger partial charge on any atom is 0.418 e. The van der Waals surface area contributed by atoms with E-state index in [4.69, 9.17) is 16.7 Å². The Morgan fingerprint density at radius 1 is 1.57 bits per heavy atom. The summed E-state index contributed by atoms with van der Waals surface area (Å²) in [5, 5.41) is 8.09. The summed E-state index contributed by atoms with van der Waals surface area (Å²) < 4.78 is 37.7. The predicted molar refractivity (Wildman–Crippen MR) is 42.4 cm³/mol. The first-order valence-electron chi connectivity index (χ1n) is 3.40. The molecule has 7 heteroatoms. The zero-order valence-corrected chi connectivity index (χ0v) is 7.65. The molecular formula is C7H5ClF3NO2. The van der Waals surface area contributed by atoms with Crippen LogP contribution in [0, 0.1) is 0 Å². The molecule has 0 saturated carbocycles. The van der Waals surface area contributed by atoms with Gasteiger partial charge in [0.2, 0.25) is 0 Å². The second kappa shape index (κ2) is 3.20. The van der Waals surface area contributed by atoms with E-state index in [-0.39, 0.29) is 0 Å². The van der Waals surface area contributed by atoms with Gasteiger partial charge in [0.05, 0.1) is 5.56 Å². The molecule has 1 aromatic heterocycles. The topological polar surface area (TPSA) is 42.2 Å². The first-order chi connectivity index (χ1) is 6.25. The van der Waals surface area contributed by atoms with Crippen LogP contribution in [0.15, 0.2) is 6.20 Å². The van der Waals surface area contributed by atoms with Crippen LogP contribution in [0.2, 0.25) is 5.15 Å². The van der Waals surface area contributed by atoms with E-state index in [0.29, 0.717) is 6.20 Å². The van der Waals surface area contributed by atoms with Gasteiger partial charge in [-0.1, -0.05) is 11.6 Å². The van der Waals surface area contributed by atoms with Crippen LogP contribution in [0.5, 0.6) is 0 Å². The van der Waals surface area contributed by atoms with Gasteiger partial charge in [-0.05, 0) is 0 Å². The Bertz CT molecular complexity index is 383. The number of carboxylic acid groups (broad SMARTS) is 1. The number of hydrogen-bond acceptors (Lipinski definition) is 1. The lowest BCUT2D eigenvalue weighted by atomic mass is 10.2. The molecule has 0 aromatic carbocycles. The molecule has 0 amide bonds. The van der Waals surface area contributed by atoms with Crippen LogP contribution in [-0.4, -0.2) is 15.6 Å². The minimum Gasteiger partial charge on any atom is -0.478 e. The molecule has 1 aromatic rings. The van der Waals surface area contributed by atoms with E-state index in [9.17, 15) is 18.0 Å². The van der Waals surface area contributed by atoms with Crippen molar-refractivity contribution >= 4 is 17.6 Å². The highest BCUT2D eigenvalue weighted by molar-refractivity contribution is 6.32. The van der Waals surface area contributed by atoms with E-state index >= 15 is 0 Å². The molecule has 0 atom stereocenters. The van der Waals surface area contributed by atoms with Gasteiger partial charge in [-0.2, -0.15) is 13.2 Å². The Kier molecular flexibility index (Phi) is 2.49. The minimum absolute atomic E-state index is 0.440. The minimum atomic E-state index is -4.71. The van der Waals surface area contributed by atoms with Gasteiger partial charge in [0.15, 0.2) is 0 Å². The lowest BCUT2D eigenvalue weighted by Gasteiger charge is -2.04. The van der Waals surface area contributed by atoms with Crippen LogP contribution < -0.4 is 0 Å². The normalized spacial score (nSPS) is 11.8. The summed E-state index contributed by atoms with van der Waals surface area (Å²) in [6.45, 7) is 0. The van der Waals surface area contributed by atoms with Crippen LogP contribution in [0.3, 0.4) is 0 Å². The summed E-state index contributed by atoms with van der Waals surface area (Å²) in [6, 6.07) is 0. The number of aromatic nitrogens is 1. The quantitative estimate of drug-likeness (QED) is 0.800. The molecular weight excluding hydrogens is 223 g/mol. The van der Waals surface area contributed by atoms with Crippen LogP contribution in [-0.2, 0) is 13.2 Å². The third-order valence-electron chi connectivity index (χ3n) is 1.63. The summed E-state index contributed by atoms with van der Waals surface area (Å²) >= 11 is 5.40. The Hall–Kier alpha value is -1.17. The van der Waals surface area contributed by atoms with Gasteiger partial charge >= 0.3 is 12.1 Å². The molecule has 0 saturated heterocycles. The van der Waals surface area contributed by atoms with Gasteiger partial charge in [-0.3, -0.25) is 0 Å². The maximum absolute atomic E-state index is 12.3. The second-order valence-corrected chi connectivity index (χ2v) is 2.98. The van der Waals surface area contributed by atoms with Crippen molar-refractivity contribution in [1.29, 1.82) is 0 Å². The van der Waals surface area contributed by atoms with Crippen molar-refractivity contribution < 1.29 is 23.1 Å². The van der Waals surface area contributed by atoms with Crippen molar-refractivity contribution in [3.05, 3.63) is 22.5 Å². The van der Waals surface area contributed by atoms with E-state index in [0.717, 1.165) is 4.57 Å². The van der Waals surface area contributed by atoms with Crippen LogP contribution in [0.25, 0.3) is 0 Å². The van der Waals surface area contributed by atoms with Gasteiger partial charge in [-0.25, -0.2) is 4.79 Å². The van der Waals surface area contributed by atoms with E-state index < -0.39 is 28.4 Å². The van der Waals surface area contributed by atoms with Crippen molar-refractivity contribution in [3.63, 3.8) is 0 Å². The average molecular weight is 228 g/mol. The van der Waals surface area contributed by atoms with E-state index in [2.05, 4.69) is 0 Å². The van der Waals surface area contributed by atoms with Gasteiger partial charge < -0.3 is 9.67 Å². The Balaban J connectivity index is 3.45. The number of carbonyl (C=O) groups is 1. The molecule has 1 rings (SSSR count). The summed E-state index contributed by atoms with van der Waals surface area (Å²) in [4.78, 5) is 10.5. The zero-order valence-electron chi connectivity index (χ0n) is 6.89. The van der Waals surface area contributed by atoms with Crippen molar-refractivity contribution in [2.45, 2.75) is 6.18 Å². The molecule has 0 fully saturated rings. The number of rotatable bonds is 1. The monoisotopic (exact) mass is 227 g/mol. The zero-order chi connectivity index (χ0) is 11.1. The fourth-order valence-electron chi connectivity index (χ4n) is 1.02. The molecule has 0 bridgehead atoms. The number of alkyl halides is 3. The highest BCUT2D eigenvalue weighted by Crippen LogP contribution is 2.35. The van der Waals surface area contributed by atoms with E-state index in [1.54, 1.807) is 0 Å². The molecule has 3 nitrogen and oxygen atoms in total. The number of aromatic carboxylic acids is 1. The van der Waals surface area contributed by atoms with Crippen LogP contribution in [0.4, 0.5) is 13.2 Å². The molecule has 0 radical (unpaired) electrons. The molecule has 1 N–H and O–H groups in total. The van der Waals surface area contributed by atoms with Gasteiger partial charge in [0, 0.05) is 13.2 Å². The summed E-state index contributed by atoms with van der Waals surface area (Å²) in [5.41, 5.74) is -2.15. The number of aryl methyl sites for hydroxylation is 1. The van der Waals surface area contributed by atoms with E-state index in [1.807, 2.05) is 0 Å².